The zero-order valence-corrected chi connectivity index (χ0v) is 17.4. The summed E-state index contributed by atoms with van der Waals surface area (Å²) >= 11 is 3.00. The van der Waals surface area contributed by atoms with Gasteiger partial charge >= 0.3 is 0 Å². The van der Waals surface area contributed by atoms with Gasteiger partial charge in [0.05, 0.1) is 13.0 Å². The predicted octanol–water partition coefficient (Wildman–Crippen LogP) is 3.25. The maximum atomic E-state index is 12.9. The zero-order valence-electron chi connectivity index (χ0n) is 15.8. The molecule has 1 fully saturated rings. The topological polar surface area (TPSA) is 71.5 Å². The Morgan fingerprint density at radius 3 is 2.59 bits per heavy atom. The number of benzene rings is 1. The van der Waals surface area contributed by atoms with Crippen molar-refractivity contribution in [3.8, 4) is 16.3 Å². The number of hydrogen-bond donors (Lipinski definition) is 1. The van der Waals surface area contributed by atoms with Crippen molar-refractivity contribution in [1.29, 1.82) is 0 Å². The van der Waals surface area contributed by atoms with Crippen LogP contribution in [-0.4, -0.2) is 52.0 Å². The van der Waals surface area contributed by atoms with Crippen LogP contribution >= 0.6 is 23.1 Å². The Hall–Kier alpha value is -2.06. The molecule has 1 N–H and O–H groups in total. The summed E-state index contributed by atoms with van der Waals surface area (Å²) < 4.78 is 5.17. The van der Waals surface area contributed by atoms with E-state index in [0.717, 1.165) is 16.3 Å². The molecule has 8 heteroatoms. The number of carbonyl (C=O) groups is 2. The van der Waals surface area contributed by atoms with Crippen molar-refractivity contribution in [1.82, 2.24) is 15.2 Å². The van der Waals surface area contributed by atoms with E-state index in [-0.39, 0.29) is 17.4 Å². The molecule has 2 amide bonds. The van der Waals surface area contributed by atoms with Gasteiger partial charge in [0.15, 0.2) is 0 Å². The molecule has 0 spiro atoms. The monoisotopic (exact) mass is 405 g/mol. The van der Waals surface area contributed by atoms with Crippen molar-refractivity contribution in [3.05, 3.63) is 35.3 Å². The molecule has 0 aliphatic carbocycles. The van der Waals surface area contributed by atoms with Crippen LogP contribution in [0.5, 0.6) is 5.75 Å². The van der Waals surface area contributed by atoms with Gasteiger partial charge in [0.25, 0.3) is 5.91 Å². The van der Waals surface area contributed by atoms with E-state index in [1.54, 1.807) is 29.2 Å². The van der Waals surface area contributed by atoms with Crippen molar-refractivity contribution in [2.75, 3.05) is 18.7 Å². The zero-order chi connectivity index (χ0) is 19.6. The van der Waals surface area contributed by atoms with Gasteiger partial charge in [-0.15, -0.1) is 23.1 Å². The molecule has 1 atom stereocenters. The summed E-state index contributed by atoms with van der Waals surface area (Å²) in [5.41, 5.74) is 0.973. The molecule has 144 valence electrons. The highest BCUT2D eigenvalue weighted by atomic mass is 32.2. The smallest absolute Gasteiger partial charge is 0.274 e. The highest BCUT2D eigenvalue weighted by Gasteiger charge is 2.37. The van der Waals surface area contributed by atoms with E-state index < -0.39 is 6.04 Å². The van der Waals surface area contributed by atoms with Crippen LogP contribution < -0.4 is 10.1 Å². The summed E-state index contributed by atoms with van der Waals surface area (Å²) in [6, 6.07) is 7.09. The second kappa shape index (κ2) is 7.90. The SMILES string of the molecule is COc1ccc(-c2nc(C(=O)N3CSCC3C(=O)NC(C)(C)C)cs2)cc1. The predicted molar refractivity (Wildman–Crippen MR) is 109 cm³/mol. The van der Waals surface area contributed by atoms with Crippen LogP contribution in [0.25, 0.3) is 10.6 Å². The largest absolute Gasteiger partial charge is 0.497 e. The molecule has 1 aliphatic heterocycles. The number of thiazole rings is 1. The molecule has 6 nitrogen and oxygen atoms in total. The summed E-state index contributed by atoms with van der Waals surface area (Å²) in [7, 11) is 1.62. The number of methoxy groups -OCH3 is 1. The maximum absolute atomic E-state index is 12.9. The van der Waals surface area contributed by atoms with Crippen molar-refractivity contribution < 1.29 is 14.3 Å². The molecule has 0 saturated carbocycles. The third kappa shape index (κ3) is 4.62. The number of aromatic nitrogens is 1. The fraction of sp³-hybridized carbons (Fsp3) is 0.421. The minimum Gasteiger partial charge on any atom is -0.497 e. The van der Waals surface area contributed by atoms with E-state index in [9.17, 15) is 9.59 Å². The summed E-state index contributed by atoms with van der Waals surface area (Å²) in [5, 5.41) is 5.48. The number of nitrogens with one attached hydrogen (secondary N) is 1. The van der Waals surface area contributed by atoms with Gasteiger partial charge in [0.2, 0.25) is 5.91 Å². The van der Waals surface area contributed by atoms with Crippen LogP contribution in [0.3, 0.4) is 0 Å². The minimum absolute atomic E-state index is 0.119. The number of thioether (sulfide) groups is 1. The Bertz CT molecular complexity index is 827. The molecule has 27 heavy (non-hydrogen) atoms. The van der Waals surface area contributed by atoms with Gasteiger partial charge in [-0.2, -0.15) is 0 Å². The van der Waals surface area contributed by atoms with E-state index in [1.165, 1.54) is 11.3 Å². The normalized spacial score (nSPS) is 17.0. The molecule has 1 aliphatic rings. The number of hydrogen-bond acceptors (Lipinski definition) is 6. The second-order valence-electron chi connectivity index (χ2n) is 7.30. The molecule has 2 heterocycles. The lowest BCUT2D eigenvalue weighted by Gasteiger charge is -2.27. The standard InChI is InChI=1S/C19H23N3O3S2/c1-19(2,3)21-16(23)15-10-26-11-22(15)18(24)14-9-27-17(20-14)12-5-7-13(25-4)8-6-12/h5-9,15H,10-11H2,1-4H3,(H,21,23). The van der Waals surface area contributed by atoms with Crippen LogP contribution in [-0.2, 0) is 4.79 Å². The van der Waals surface area contributed by atoms with Gasteiger partial charge in [-0.05, 0) is 45.0 Å². The molecule has 1 saturated heterocycles. The molecular weight excluding hydrogens is 382 g/mol. The van der Waals surface area contributed by atoms with Crippen LogP contribution in [0, 0.1) is 0 Å². The van der Waals surface area contributed by atoms with Crippen LogP contribution in [0.1, 0.15) is 31.3 Å². The summed E-state index contributed by atoms with van der Waals surface area (Å²) in [4.78, 5) is 31.6. The maximum Gasteiger partial charge on any atom is 0.274 e. The first kappa shape index (κ1) is 19.7. The van der Waals surface area contributed by atoms with Crippen LogP contribution in [0.4, 0.5) is 0 Å². The van der Waals surface area contributed by atoms with Crippen molar-refractivity contribution in [2.24, 2.45) is 0 Å². The number of ether oxygens (including phenoxy) is 1. The van der Waals surface area contributed by atoms with Crippen LogP contribution in [0.2, 0.25) is 0 Å². The van der Waals surface area contributed by atoms with E-state index in [2.05, 4.69) is 10.3 Å². The average molecular weight is 406 g/mol. The average Bonchev–Trinajstić information content (AvgIpc) is 3.29. The first-order chi connectivity index (χ1) is 12.8. The first-order valence-electron chi connectivity index (χ1n) is 8.59. The lowest BCUT2D eigenvalue weighted by atomic mass is 10.1. The Morgan fingerprint density at radius 2 is 1.96 bits per heavy atom. The molecule has 0 radical (unpaired) electrons. The lowest BCUT2D eigenvalue weighted by molar-refractivity contribution is -0.125. The van der Waals surface area contributed by atoms with Crippen molar-refractivity contribution in [3.63, 3.8) is 0 Å². The van der Waals surface area contributed by atoms with Gasteiger partial charge in [-0.25, -0.2) is 4.98 Å². The van der Waals surface area contributed by atoms with Gasteiger partial charge in [-0.3, -0.25) is 9.59 Å². The number of rotatable bonds is 4. The van der Waals surface area contributed by atoms with Crippen LogP contribution in [0.15, 0.2) is 29.6 Å². The van der Waals surface area contributed by atoms with E-state index in [1.807, 2.05) is 45.0 Å². The Balaban J connectivity index is 1.75. The highest BCUT2D eigenvalue weighted by Crippen LogP contribution is 2.28. The van der Waals surface area contributed by atoms with Crippen molar-refractivity contribution in [2.45, 2.75) is 32.4 Å². The summed E-state index contributed by atoms with van der Waals surface area (Å²) in [6.45, 7) is 5.79. The lowest BCUT2D eigenvalue weighted by Crippen LogP contribution is -2.52. The second-order valence-corrected chi connectivity index (χ2v) is 9.15. The Morgan fingerprint density at radius 1 is 1.26 bits per heavy atom. The number of amides is 2. The Kier molecular flexibility index (Phi) is 5.76. The minimum atomic E-state index is -0.465. The summed E-state index contributed by atoms with van der Waals surface area (Å²) in [6.07, 6.45) is 0. The van der Waals surface area contributed by atoms with E-state index in [0.29, 0.717) is 17.3 Å². The number of nitrogens with zero attached hydrogens (tertiary/aromatic N) is 2. The third-order valence-corrected chi connectivity index (χ3v) is 5.91. The molecule has 1 aromatic heterocycles. The van der Waals surface area contributed by atoms with Gasteiger partial charge in [0.1, 0.15) is 22.5 Å². The fourth-order valence-corrected chi connectivity index (χ4v) is 4.65. The summed E-state index contributed by atoms with van der Waals surface area (Å²) in [5.74, 6) is 1.55. The van der Waals surface area contributed by atoms with Gasteiger partial charge < -0.3 is 15.0 Å². The van der Waals surface area contributed by atoms with E-state index in [4.69, 9.17) is 4.74 Å². The molecular formula is C19H23N3O3S2. The third-order valence-electron chi connectivity index (χ3n) is 4.00. The molecule has 0 bridgehead atoms. The molecule has 1 aromatic carbocycles. The molecule has 3 rings (SSSR count). The fourth-order valence-electron chi connectivity index (χ4n) is 2.70. The molecule has 1 unspecified atom stereocenters. The highest BCUT2D eigenvalue weighted by molar-refractivity contribution is 7.99. The first-order valence-corrected chi connectivity index (χ1v) is 10.6. The molecule has 2 aromatic rings. The Labute approximate surface area is 167 Å². The van der Waals surface area contributed by atoms with Crippen molar-refractivity contribution >= 4 is 34.9 Å². The van der Waals surface area contributed by atoms with E-state index >= 15 is 0 Å². The number of carbonyl (C=O) groups excluding carboxylic acids is 2. The van der Waals surface area contributed by atoms with Gasteiger partial charge in [-0.1, -0.05) is 0 Å². The quantitative estimate of drug-likeness (QED) is 0.845. The van der Waals surface area contributed by atoms with Gasteiger partial charge in [0, 0.05) is 22.2 Å².